The second-order valence-electron chi connectivity index (χ2n) is 6.42. The fraction of sp³-hybridized carbons (Fsp3) is 0.588. The van der Waals surface area contributed by atoms with Crippen LogP contribution in [0.25, 0.3) is 0 Å². The van der Waals surface area contributed by atoms with Gasteiger partial charge in [0, 0.05) is 13.1 Å². The molecule has 2 aromatic rings. The Kier molecular flexibility index (Phi) is 5.50. The first kappa shape index (κ1) is 17.6. The molecular formula is C17H25N5O3. The molecule has 136 valence electrons. The van der Waals surface area contributed by atoms with Crippen LogP contribution in [0.2, 0.25) is 0 Å². The Bertz CT molecular complexity index is 697. The third kappa shape index (κ3) is 4.67. The minimum atomic E-state index is -0.139. The van der Waals surface area contributed by atoms with E-state index >= 15 is 0 Å². The largest absolute Gasteiger partial charge is 0.467 e. The molecule has 1 fully saturated rings. The molecule has 1 amide bonds. The molecule has 3 rings (SSSR count). The first-order chi connectivity index (χ1) is 12.0. The number of aromatic nitrogens is 3. The van der Waals surface area contributed by atoms with Gasteiger partial charge in [-0.05, 0) is 32.9 Å². The molecule has 1 N–H and O–H groups in total. The third-order valence-corrected chi connectivity index (χ3v) is 4.28. The number of carbonyl (C=O) groups is 1. The van der Waals surface area contributed by atoms with E-state index in [1.165, 1.54) is 0 Å². The molecule has 8 heteroatoms. The van der Waals surface area contributed by atoms with E-state index in [4.69, 9.17) is 9.15 Å². The summed E-state index contributed by atoms with van der Waals surface area (Å²) in [5, 5.41) is 7.34. The monoisotopic (exact) mass is 347 g/mol. The zero-order chi connectivity index (χ0) is 17.8. The van der Waals surface area contributed by atoms with Crippen molar-refractivity contribution in [2.24, 2.45) is 0 Å². The fourth-order valence-electron chi connectivity index (χ4n) is 3.06. The summed E-state index contributed by atoms with van der Waals surface area (Å²) in [6.07, 6.45) is 1.61. The lowest BCUT2D eigenvalue weighted by Gasteiger charge is -2.32. The van der Waals surface area contributed by atoms with Crippen LogP contribution in [0.1, 0.15) is 30.4 Å². The highest BCUT2D eigenvalue weighted by Gasteiger charge is 2.24. The molecule has 1 saturated heterocycles. The van der Waals surface area contributed by atoms with Gasteiger partial charge in [-0.3, -0.25) is 9.69 Å². The molecule has 2 aromatic heterocycles. The van der Waals surface area contributed by atoms with Crippen molar-refractivity contribution < 1.29 is 13.9 Å². The van der Waals surface area contributed by atoms with Crippen LogP contribution in [0.3, 0.4) is 0 Å². The Morgan fingerprint density at radius 3 is 3.00 bits per heavy atom. The molecule has 0 spiro atoms. The van der Waals surface area contributed by atoms with E-state index in [9.17, 15) is 4.79 Å². The normalized spacial score (nSPS) is 19.7. The topological polar surface area (TPSA) is 85.4 Å². The van der Waals surface area contributed by atoms with Gasteiger partial charge in [0.1, 0.15) is 17.4 Å². The average Bonchev–Trinajstić information content (AvgIpc) is 3.18. The molecule has 3 heterocycles. The molecule has 25 heavy (non-hydrogen) atoms. The molecule has 0 radical (unpaired) electrons. The Morgan fingerprint density at radius 2 is 2.32 bits per heavy atom. The highest BCUT2D eigenvalue weighted by atomic mass is 16.5. The van der Waals surface area contributed by atoms with E-state index in [0.717, 1.165) is 24.0 Å². The molecule has 2 atom stereocenters. The maximum Gasteiger partial charge on any atom is 0.234 e. The van der Waals surface area contributed by atoms with Gasteiger partial charge in [-0.2, -0.15) is 5.10 Å². The zero-order valence-electron chi connectivity index (χ0n) is 14.9. The van der Waals surface area contributed by atoms with E-state index in [0.29, 0.717) is 26.2 Å². The molecule has 0 unspecified atom stereocenters. The molecular weight excluding hydrogens is 322 g/mol. The number of amides is 1. The number of nitrogens with zero attached hydrogens (tertiary/aromatic N) is 4. The second kappa shape index (κ2) is 7.79. The lowest BCUT2D eigenvalue weighted by atomic mass is 10.2. The summed E-state index contributed by atoms with van der Waals surface area (Å²) in [5.74, 6) is 2.38. The Hall–Kier alpha value is -2.19. The average molecular weight is 347 g/mol. The number of carbonyl (C=O) groups excluding carboxylic acids is 1. The van der Waals surface area contributed by atoms with Crippen molar-refractivity contribution >= 4 is 5.91 Å². The Morgan fingerprint density at radius 1 is 1.48 bits per heavy atom. The minimum absolute atomic E-state index is 0.00356. The number of hydrogen-bond donors (Lipinski definition) is 1. The van der Waals surface area contributed by atoms with Crippen LogP contribution in [0.5, 0.6) is 0 Å². The van der Waals surface area contributed by atoms with Gasteiger partial charge < -0.3 is 14.5 Å². The molecule has 0 aliphatic carbocycles. The van der Waals surface area contributed by atoms with Gasteiger partial charge in [0.2, 0.25) is 5.91 Å². The van der Waals surface area contributed by atoms with Crippen LogP contribution in [0, 0.1) is 13.8 Å². The van der Waals surface area contributed by atoms with Gasteiger partial charge in [0.25, 0.3) is 0 Å². The number of aryl methyl sites for hydroxylation is 2. The van der Waals surface area contributed by atoms with Gasteiger partial charge >= 0.3 is 0 Å². The first-order valence-electron chi connectivity index (χ1n) is 8.56. The number of ether oxygens (including phenoxy) is 1. The maximum absolute atomic E-state index is 12.3. The molecule has 1 aliphatic rings. The van der Waals surface area contributed by atoms with Gasteiger partial charge in [0.05, 0.1) is 38.1 Å². The summed E-state index contributed by atoms with van der Waals surface area (Å²) in [5.41, 5.74) is 0. The minimum Gasteiger partial charge on any atom is -0.467 e. The number of furan rings is 1. The number of nitrogens with one attached hydrogen (secondary N) is 1. The summed E-state index contributed by atoms with van der Waals surface area (Å²) in [6.45, 7) is 8.77. The third-order valence-electron chi connectivity index (χ3n) is 4.28. The van der Waals surface area contributed by atoms with E-state index in [1.54, 1.807) is 6.26 Å². The van der Waals surface area contributed by atoms with Crippen LogP contribution in [0.15, 0.2) is 22.8 Å². The molecule has 0 bridgehead atoms. The summed E-state index contributed by atoms with van der Waals surface area (Å²) < 4.78 is 13.0. The highest BCUT2D eigenvalue weighted by molar-refractivity contribution is 5.78. The highest BCUT2D eigenvalue weighted by Crippen LogP contribution is 2.13. The zero-order valence-corrected chi connectivity index (χ0v) is 14.9. The summed E-state index contributed by atoms with van der Waals surface area (Å²) >= 11 is 0. The van der Waals surface area contributed by atoms with Gasteiger partial charge in [0.15, 0.2) is 0 Å². The number of rotatable bonds is 6. The lowest BCUT2D eigenvalue weighted by Crippen LogP contribution is -2.48. The van der Waals surface area contributed by atoms with Crippen molar-refractivity contribution in [2.75, 3.05) is 26.2 Å². The summed E-state index contributed by atoms with van der Waals surface area (Å²) in [6, 6.07) is 3.54. The fourth-order valence-corrected chi connectivity index (χ4v) is 3.06. The van der Waals surface area contributed by atoms with Gasteiger partial charge in [-0.1, -0.05) is 0 Å². The van der Waals surface area contributed by atoms with Crippen LogP contribution >= 0.6 is 0 Å². The SMILES string of the molecule is Cc1nc(C)n(C[C@H]2CN(CC(=O)N[C@@H](C)c3ccco3)CCO2)n1. The van der Waals surface area contributed by atoms with Crippen LogP contribution in [-0.4, -0.2) is 57.9 Å². The molecule has 8 nitrogen and oxygen atoms in total. The van der Waals surface area contributed by atoms with Crippen molar-refractivity contribution in [1.82, 2.24) is 25.0 Å². The van der Waals surface area contributed by atoms with Crippen molar-refractivity contribution in [2.45, 2.75) is 39.5 Å². The van der Waals surface area contributed by atoms with Gasteiger partial charge in [-0.25, -0.2) is 9.67 Å². The standard InChI is InChI=1S/C17H25N5O3/c1-12(16-5-4-7-25-16)18-17(23)11-21-6-8-24-15(9-21)10-22-14(3)19-13(2)20-22/h4-5,7,12,15H,6,8-11H2,1-3H3,(H,18,23)/t12-,15+/m0/s1. The Balaban J connectivity index is 1.49. The van der Waals surface area contributed by atoms with Crippen molar-refractivity contribution in [3.05, 3.63) is 35.8 Å². The van der Waals surface area contributed by atoms with Crippen LogP contribution < -0.4 is 5.32 Å². The van der Waals surface area contributed by atoms with Crippen LogP contribution in [0.4, 0.5) is 0 Å². The predicted octanol–water partition coefficient (Wildman–Crippen LogP) is 1.07. The number of hydrogen-bond acceptors (Lipinski definition) is 6. The van der Waals surface area contributed by atoms with E-state index < -0.39 is 0 Å². The van der Waals surface area contributed by atoms with Crippen molar-refractivity contribution in [3.8, 4) is 0 Å². The molecule has 0 saturated carbocycles. The number of morpholine rings is 1. The van der Waals surface area contributed by atoms with E-state index in [1.807, 2.05) is 37.6 Å². The Labute approximate surface area is 147 Å². The second-order valence-corrected chi connectivity index (χ2v) is 6.42. The maximum atomic E-state index is 12.3. The van der Waals surface area contributed by atoms with Crippen LogP contribution in [-0.2, 0) is 16.1 Å². The van der Waals surface area contributed by atoms with E-state index in [2.05, 4.69) is 20.3 Å². The lowest BCUT2D eigenvalue weighted by molar-refractivity contribution is -0.125. The van der Waals surface area contributed by atoms with Crippen molar-refractivity contribution in [1.29, 1.82) is 0 Å². The van der Waals surface area contributed by atoms with Crippen molar-refractivity contribution in [3.63, 3.8) is 0 Å². The summed E-state index contributed by atoms with van der Waals surface area (Å²) in [4.78, 5) is 18.7. The molecule has 1 aliphatic heterocycles. The smallest absolute Gasteiger partial charge is 0.234 e. The quantitative estimate of drug-likeness (QED) is 0.841. The molecule has 0 aromatic carbocycles. The summed E-state index contributed by atoms with van der Waals surface area (Å²) in [7, 11) is 0. The first-order valence-corrected chi connectivity index (χ1v) is 8.56. The van der Waals surface area contributed by atoms with Gasteiger partial charge in [-0.15, -0.1) is 0 Å². The predicted molar refractivity (Wildman–Crippen MR) is 90.9 cm³/mol. The van der Waals surface area contributed by atoms with E-state index in [-0.39, 0.29) is 18.1 Å².